The van der Waals surface area contributed by atoms with Crippen LogP contribution in [0, 0.1) is 13.8 Å². The standard InChI is InChI=1S/C18H25N3O/c1-13-9-8-12-21-16(14(2)19-17(13)21)18(22)20-15-10-6-4-3-5-7-11-15/h8-9,12,15H,3-7,10-11H2,1-2H3,(H,20,22). The number of hydrogen-bond acceptors (Lipinski definition) is 2. The van der Waals surface area contributed by atoms with Crippen LogP contribution in [0.4, 0.5) is 0 Å². The van der Waals surface area contributed by atoms with Crippen molar-refractivity contribution in [1.29, 1.82) is 0 Å². The Morgan fingerprint density at radius 3 is 2.59 bits per heavy atom. The minimum Gasteiger partial charge on any atom is -0.348 e. The smallest absolute Gasteiger partial charge is 0.270 e. The molecule has 0 atom stereocenters. The van der Waals surface area contributed by atoms with Crippen molar-refractivity contribution in [2.75, 3.05) is 0 Å². The largest absolute Gasteiger partial charge is 0.348 e. The van der Waals surface area contributed by atoms with Gasteiger partial charge in [0.15, 0.2) is 0 Å². The Balaban J connectivity index is 1.82. The molecule has 1 amide bonds. The second-order valence-electron chi connectivity index (χ2n) is 6.45. The summed E-state index contributed by atoms with van der Waals surface area (Å²) in [7, 11) is 0. The van der Waals surface area contributed by atoms with Gasteiger partial charge < -0.3 is 5.32 Å². The summed E-state index contributed by atoms with van der Waals surface area (Å²) in [6.45, 7) is 3.94. The molecule has 22 heavy (non-hydrogen) atoms. The molecule has 1 aliphatic carbocycles. The third-order valence-corrected chi connectivity index (χ3v) is 4.67. The fraction of sp³-hybridized carbons (Fsp3) is 0.556. The quantitative estimate of drug-likeness (QED) is 0.917. The second kappa shape index (κ2) is 6.51. The number of amides is 1. The van der Waals surface area contributed by atoms with Gasteiger partial charge in [-0.25, -0.2) is 4.98 Å². The predicted molar refractivity (Wildman–Crippen MR) is 88.2 cm³/mol. The van der Waals surface area contributed by atoms with Crippen LogP contribution in [-0.4, -0.2) is 21.3 Å². The maximum Gasteiger partial charge on any atom is 0.270 e. The zero-order valence-electron chi connectivity index (χ0n) is 13.6. The fourth-order valence-corrected chi connectivity index (χ4v) is 3.45. The minimum absolute atomic E-state index is 0.0150. The van der Waals surface area contributed by atoms with E-state index in [-0.39, 0.29) is 5.91 Å². The Morgan fingerprint density at radius 1 is 1.18 bits per heavy atom. The van der Waals surface area contributed by atoms with Gasteiger partial charge in [0.05, 0.1) is 5.69 Å². The lowest BCUT2D eigenvalue weighted by Gasteiger charge is -2.21. The molecule has 1 saturated carbocycles. The molecule has 0 aromatic carbocycles. The summed E-state index contributed by atoms with van der Waals surface area (Å²) in [5, 5.41) is 3.24. The summed E-state index contributed by atoms with van der Waals surface area (Å²) in [6.07, 6.45) is 10.5. The molecule has 0 aliphatic heterocycles. The molecule has 0 radical (unpaired) electrons. The normalized spacial score (nSPS) is 17.2. The lowest BCUT2D eigenvalue weighted by atomic mass is 9.96. The number of hydrogen-bond donors (Lipinski definition) is 1. The molecule has 4 nitrogen and oxygen atoms in total. The van der Waals surface area contributed by atoms with Gasteiger partial charge in [-0.1, -0.05) is 38.2 Å². The SMILES string of the molecule is Cc1nc2c(C)cccn2c1C(=O)NC1CCCCCCC1. The van der Waals surface area contributed by atoms with Crippen LogP contribution < -0.4 is 5.32 Å². The first-order valence-corrected chi connectivity index (χ1v) is 8.42. The van der Waals surface area contributed by atoms with E-state index in [1.165, 1.54) is 32.1 Å². The van der Waals surface area contributed by atoms with Gasteiger partial charge in [0.2, 0.25) is 0 Å². The first-order chi connectivity index (χ1) is 10.7. The summed E-state index contributed by atoms with van der Waals surface area (Å²) in [6, 6.07) is 4.30. The van der Waals surface area contributed by atoms with Crippen molar-refractivity contribution >= 4 is 11.6 Å². The summed E-state index contributed by atoms with van der Waals surface area (Å²) in [4.78, 5) is 17.3. The topological polar surface area (TPSA) is 46.4 Å². The van der Waals surface area contributed by atoms with Crippen LogP contribution in [0.25, 0.3) is 5.65 Å². The Morgan fingerprint density at radius 2 is 1.86 bits per heavy atom. The Kier molecular flexibility index (Phi) is 4.46. The van der Waals surface area contributed by atoms with Crippen molar-refractivity contribution in [3.8, 4) is 0 Å². The number of fused-ring (bicyclic) bond motifs is 1. The lowest BCUT2D eigenvalue weighted by molar-refractivity contribution is 0.0924. The fourth-order valence-electron chi connectivity index (χ4n) is 3.45. The Hall–Kier alpha value is -1.84. The summed E-state index contributed by atoms with van der Waals surface area (Å²) in [5.41, 5.74) is 3.46. The van der Waals surface area contributed by atoms with Crippen LogP contribution in [0.2, 0.25) is 0 Å². The molecule has 118 valence electrons. The predicted octanol–water partition coefficient (Wildman–Crippen LogP) is 3.79. The van der Waals surface area contributed by atoms with E-state index in [9.17, 15) is 4.79 Å². The van der Waals surface area contributed by atoms with Crippen molar-refractivity contribution in [2.45, 2.75) is 64.8 Å². The van der Waals surface area contributed by atoms with Gasteiger partial charge in [-0.15, -0.1) is 0 Å². The van der Waals surface area contributed by atoms with E-state index in [0.717, 1.165) is 29.7 Å². The van der Waals surface area contributed by atoms with E-state index in [0.29, 0.717) is 11.7 Å². The van der Waals surface area contributed by atoms with Crippen LogP contribution in [0.3, 0.4) is 0 Å². The van der Waals surface area contributed by atoms with Gasteiger partial charge in [0.1, 0.15) is 11.3 Å². The summed E-state index contributed by atoms with van der Waals surface area (Å²) in [5.74, 6) is 0.0150. The van der Waals surface area contributed by atoms with E-state index < -0.39 is 0 Å². The number of nitrogens with zero attached hydrogens (tertiary/aromatic N) is 2. The Bertz CT molecular complexity index is 666. The first-order valence-electron chi connectivity index (χ1n) is 8.42. The van der Waals surface area contributed by atoms with Gasteiger partial charge in [0.25, 0.3) is 5.91 Å². The number of imidazole rings is 1. The number of aromatic nitrogens is 2. The zero-order valence-corrected chi connectivity index (χ0v) is 13.6. The zero-order chi connectivity index (χ0) is 15.5. The van der Waals surface area contributed by atoms with Crippen LogP contribution >= 0.6 is 0 Å². The van der Waals surface area contributed by atoms with Gasteiger partial charge in [-0.05, 0) is 38.3 Å². The van der Waals surface area contributed by atoms with E-state index in [4.69, 9.17) is 0 Å². The highest BCUT2D eigenvalue weighted by molar-refractivity contribution is 5.95. The summed E-state index contributed by atoms with van der Waals surface area (Å²) >= 11 is 0. The minimum atomic E-state index is 0.0150. The first kappa shape index (κ1) is 15.1. The molecule has 2 heterocycles. The third kappa shape index (κ3) is 3.01. The van der Waals surface area contributed by atoms with Gasteiger partial charge in [0, 0.05) is 12.2 Å². The van der Waals surface area contributed by atoms with Gasteiger partial charge in [-0.3, -0.25) is 9.20 Å². The third-order valence-electron chi connectivity index (χ3n) is 4.67. The van der Waals surface area contributed by atoms with Crippen LogP contribution in [0.5, 0.6) is 0 Å². The van der Waals surface area contributed by atoms with Crippen molar-refractivity contribution < 1.29 is 4.79 Å². The van der Waals surface area contributed by atoms with Crippen LogP contribution in [0.15, 0.2) is 18.3 Å². The molecule has 1 fully saturated rings. The monoisotopic (exact) mass is 299 g/mol. The number of pyridine rings is 1. The Labute approximate surface area is 131 Å². The molecule has 0 unspecified atom stereocenters. The lowest BCUT2D eigenvalue weighted by Crippen LogP contribution is -2.36. The summed E-state index contributed by atoms with van der Waals surface area (Å²) < 4.78 is 1.92. The number of aryl methyl sites for hydroxylation is 2. The number of nitrogens with one attached hydrogen (secondary N) is 1. The van der Waals surface area contributed by atoms with Crippen molar-refractivity contribution in [3.05, 3.63) is 35.3 Å². The molecule has 0 spiro atoms. The molecule has 0 saturated heterocycles. The molecule has 3 rings (SSSR count). The molecule has 0 bridgehead atoms. The molecule has 1 N–H and O–H groups in total. The van der Waals surface area contributed by atoms with Crippen molar-refractivity contribution in [2.24, 2.45) is 0 Å². The number of carbonyl (C=O) groups is 1. The molecule has 2 aromatic rings. The maximum absolute atomic E-state index is 12.7. The highest BCUT2D eigenvalue weighted by atomic mass is 16.2. The van der Waals surface area contributed by atoms with Crippen molar-refractivity contribution in [1.82, 2.24) is 14.7 Å². The second-order valence-corrected chi connectivity index (χ2v) is 6.45. The molecule has 1 aliphatic rings. The molecular weight excluding hydrogens is 274 g/mol. The number of rotatable bonds is 2. The maximum atomic E-state index is 12.7. The van der Waals surface area contributed by atoms with E-state index in [2.05, 4.69) is 10.3 Å². The average molecular weight is 299 g/mol. The van der Waals surface area contributed by atoms with Crippen LogP contribution in [0.1, 0.15) is 66.7 Å². The molecule has 4 heteroatoms. The average Bonchev–Trinajstić information content (AvgIpc) is 2.79. The van der Waals surface area contributed by atoms with Gasteiger partial charge in [-0.2, -0.15) is 0 Å². The van der Waals surface area contributed by atoms with E-state index >= 15 is 0 Å². The highest BCUT2D eigenvalue weighted by Crippen LogP contribution is 2.19. The van der Waals surface area contributed by atoms with Crippen LogP contribution in [-0.2, 0) is 0 Å². The van der Waals surface area contributed by atoms with E-state index in [1.54, 1.807) is 0 Å². The molecular formula is C18H25N3O. The number of carbonyl (C=O) groups excluding carboxylic acids is 1. The van der Waals surface area contributed by atoms with E-state index in [1.807, 2.05) is 36.6 Å². The van der Waals surface area contributed by atoms with Gasteiger partial charge >= 0.3 is 0 Å². The van der Waals surface area contributed by atoms with Crippen molar-refractivity contribution in [3.63, 3.8) is 0 Å². The molecule has 2 aromatic heterocycles. The highest BCUT2D eigenvalue weighted by Gasteiger charge is 2.20.